The number of piperazine rings is 2. The molecule has 7 heterocycles. The van der Waals surface area contributed by atoms with Crippen LogP contribution in [0.2, 0.25) is 0 Å². The van der Waals surface area contributed by atoms with Gasteiger partial charge in [0.15, 0.2) is 9.84 Å². The second-order valence-corrected chi connectivity index (χ2v) is 28.1. The van der Waals surface area contributed by atoms with Gasteiger partial charge in [-0.05, 0) is 128 Å². The van der Waals surface area contributed by atoms with Crippen LogP contribution in [0.5, 0.6) is 5.75 Å². The van der Waals surface area contributed by atoms with Gasteiger partial charge in [-0.2, -0.15) is 5.10 Å². The van der Waals surface area contributed by atoms with Crippen LogP contribution in [0.4, 0.5) is 26.5 Å². The fourth-order valence-corrected chi connectivity index (χ4v) is 12.8. The van der Waals surface area contributed by atoms with Crippen LogP contribution in [0.25, 0.3) is 10.9 Å². The fraction of sp³-hybridized carbons (Fsp3) is 0.484. The topological polar surface area (TPSA) is 220 Å². The summed E-state index contributed by atoms with van der Waals surface area (Å²) in [6, 6.07) is 16.2. The number of nitrogens with zero attached hydrogens (tertiary/aromatic N) is 10. The summed E-state index contributed by atoms with van der Waals surface area (Å²) in [5.74, 6) is 0.455. The molecule has 0 aliphatic carbocycles. The molecule has 0 saturated carbocycles. The number of sulfone groups is 1. The molecular formula is C62H77FN12O8S. The van der Waals surface area contributed by atoms with E-state index in [1.54, 1.807) is 76.8 Å². The highest BCUT2D eigenvalue weighted by molar-refractivity contribution is 7.92. The monoisotopic (exact) mass is 1170 g/mol. The first-order valence-corrected chi connectivity index (χ1v) is 30.3. The van der Waals surface area contributed by atoms with Gasteiger partial charge in [-0.25, -0.2) is 27.6 Å². The molecule has 0 spiro atoms. The maximum absolute atomic E-state index is 14.7. The molecule has 0 bridgehead atoms. The summed E-state index contributed by atoms with van der Waals surface area (Å²) < 4.78 is 52.8. The van der Waals surface area contributed by atoms with E-state index in [0.717, 1.165) is 39.3 Å². The van der Waals surface area contributed by atoms with Crippen molar-refractivity contribution in [2.75, 3.05) is 82.3 Å². The van der Waals surface area contributed by atoms with Gasteiger partial charge in [-0.3, -0.25) is 34.3 Å². The van der Waals surface area contributed by atoms with Gasteiger partial charge in [-0.15, -0.1) is 0 Å². The van der Waals surface area contributed by atoms with E-state index in [-0.39, 0.29) is 66.5 Å². The molecule has 6 aromatic rings. The Morgan fingerprint density at radius 1 is 0.905 bits per heavy atom. The lowest BCUT2D eigenvalue weighted by atomic mass is 9.91. The normalized spacial score (nSPS) is 18.5. The van der Waals surface area contributed by atoms with Gasteiger partial charge in [0.2, 0.25) is 5.91 Å². The molecule has 20 nitrogen and oxygen atoms in total. The molecule has 4 aliphatic heterocycles. The number of halogens is 1. The van der Waals surface area contributed by atoms with Crippen molar-refractivity contribution in [2.45, 2.75) is 128 Å². The first-order chi connectivity index (χ1) is 39.6. The first-order valence-electron chi connectivity index (χ1n) is 28.8. The third-order valence-corrected chi connectivity index (χ3v) is 19.0. The third kappa shape index (κ3) is 12.5. The minimum Gasteiger partial charge on any atom is -0.492 e. The minimum absolute atomic E-state index is 0.0310. The summed E-state index contributed by atoms with van der Waals surface area (Å²) in [6.07, 6.45) is 3.89. The van der Waals surface area contributed by atoms with Crippen molar-refractivity contribution in [1.82, 2.24) is 49.6 Å². The number of aromatic amines is 1. The van der Waals surface area contributed by atoms with E-state index in [1.165, 1.54) is 18.5 Å². The Hall–Kier alpha value is -7.56. The number of benzene rings is 3. The minimum atomic E-state index is -3.87. The molecule has 2 N–H and O–H groups in total. The molecule has 3 aromatic heterocycles. The van der Waals surface area contributed by atoms with Crippen molar-refractivity contribution >= 4 is 61.9 Å². The van der Waals surface area contributed by atoms with Crippen LogP contribution in [-0.4, -0.2) is 176 Å². The van der Waals surface area contributed by atoms with E-state index in [9.17, 15) is 32.0 Å². The number of rotatable bonds is 15. The lowest BCUT2D eigenvalue weighted by Gasteiger charge is -2.46. The number of H-pyrrole nitrogens is 1. The average molecular weight is 1170 g/mol. The number of carbonyl (C=O) groups excluding carboxylic acids is 4. The zero-order valence-electron chi connectivity index (χ0n) is 50.0. The molecule has 3 aromatic carbocycles. The smallest absolute Gasteiger partial charge is 0.410 e. The molecule has 22 heteroatoms. The number of aryl methyl sites for hydroxylation is 1. The van der Waals surface area contributed by atoms with Crippen LogP contribution < -0.4 is 15.0 Å². The third-order valence-electron chi connectivity index (χ3n) is 16.4. The predicted octanol–water partition coefficient (Wildman–Crippen LogP) is 8.23. The molecule has 0 unspecified atom stereocenters. The highest BCUT2D eigenvalue weighted by Gasteiger charge is 2.44. The van der Waals surface area contributed by atoms with E-state index >= 15 is 0 Å². The summed E-state index contributed by atoms with van der Waals surface area (Å²) in [6.45, 7) is 24.9. The van der Waals surface area contributed by atoms with E-state index in [1.807, 2.05) is 59.9 Å². The van der Waals surface area contributed by atoms with E-state index in [4.69, 9.17) is 14.5 Å². The Morgan fingerprint density at radius 3 is 2.33 bits per heavy atom. The SMILES string of the molecule is Cc1n[nH]c(Nc2ncnc3cc(OCCCN4CCN(C(=O)c5ccc6c(c5)C(=O)N(C[C@H]5CN(C(=O)OC(C)(C)C)[C@@H](C)CN5CC(=O)N5CC(C)(C)c7ncc(Cc8ccc(F)cc8)cc75)C6)CC4)c(S(=O)(=O)C(C)(C)C)cc23)c1C. The van der Waals surface area contributed by atoms with Crippen LogP contribution in [0.15, 0.2) is 78.1 Å². The Bertz CT molecular complexity index is 3630. The standard InChI is InChI=1S/C62H77FN12O8S/c1-38-31-72(35-53(76)75-36-62(10,11)54-50(75)26-42(30-64-54)25-41-13-17-45(63)18-14-41)46(34-74(38)59(79)83-60(4,5)6)33-73-32-44-16-15-43(27-47(44)58(73)78)57(77)71-22-20-70(21-23-71)19-12-24-82-51-29-49-48(28-52(51)84(80,81)61(7,8)9)56(66-37-65-49)67-55-39(2)40(3)68-69-55/h13-18,26-30,37-38,46H,12,19-25,31-36H2,1-11H3,(H2,65,66,67,68,69)/t38-,46-/m0/s1. The van der Waals surface area contributed by atoms with Crippen molar-refractivity contribution in [2.24, 2.45) is 0 Å². The van der Waals surface area contributed by atoms with Crippen LogP contribution >= 0.6 is 0 Å². The van der Waals surface area contributed by atoms with Crippen molar-refractivity contribution in [3.05, 3.63) is 124 Å². The summed E-state index contributed by atoms with van der Waals surface area (Å²) in [4.78, 5) is 82.1. The zero-order valence-corrected chi connectivity index (χ0v) is 50.8. The zero-order chi connectivity index (χ0) is 60.2. The molecule has 2 atom stereocenters. The number of fused-ring (bicyclic) bond motifs is 3. The number of nitrogens with one attached hydrogen (secondary N) is 2. The van der Waals surface area contributed by atoms with Crippen molar-refractivity contribution in [3.63, 3.8) is 0 Å². The maximum atomic E-state index is 14.7. The molecule has 10 rings (SSSR count). The van der Waals surface area contributed by atoms with Crippen LogP contribution in [-0.2, 0) is 37.7 Å². The van der Waals surface area contributed by atoms with Gasteiger partial charge in [0.05, 0.1) is 40.5 Å². The highest BCUT2D eigenvalue weighted by Crippen LogP contribution is 2.41. The lowest BCUT2D eigenvalue weighted by molar-refractivity contribution is -0.121. The highest BCUT2D eigenvalue weighted by atomic mass is 32.2. The number of carbonyl (C=O) groups is 4. The number of amides is 4. The van der Waals surface area contributed by atoms with Gasteiger partial charge in [-0.1, -0.05) is 32.0 Å². The maximum Gasteiger partial charge on any atom is 0.410 e. The molecule has 2 saturated heterocycles. The molecule has 4 amide bonds. The summed E-state index contributed by atoms with van der Waals surface area (Å²) in [5, 5.41) is 11.0. The molecule has 446 valence electrons. The number of anilines is 3. The second-order valence-electron chi connectivity index (χ2n) is 25.4. The molecule has 2 fully saturated rings. The fourth-order valence-electron chi connectivity index (χ4n) is 11.5. The van der Waals surface area contributed by atoms with E-state index < -0.39 is 37.7 Å². The predicted molar refractivity (Wildman–Crippen MR) is 318 cm³/mol. The van der Waals surface area contributed by atoms with Gasteiger partial charge < -0.3 is 34.4 Å². The Morgan fingerprint density at radius 2 is 1.64 bits per heavy atom. The van der Waals surface area contributed by atoms with Crippen LogP contribution in [0, 0.1) is 19.7 Å². The number of aromatic nitrogens is 5. The Labute approximate surface area is 491 Å². The Kier molecular flexibility index (Phi) is 16.4. The molecule has 4 aliphatic rings. The molecule has 84 heavy (non-hydrogen) atoms. The number of hydrogen-bond donors (Lipinski definition) is 2. The van der Waals surface area contributed by atoms with E-state index in [0.29, 0.717) is 98.9 Å². The van der Waals surface area contributed by atoms with Crippen molar-refractivity contribution < 1.29 is 41.5 Å². The molecular weight excluding hydrogens is 1090 g/mol. The van der Waals surface area contributed by atoms with Gasteiger partial charge >= 0.3 is 6.09 Å². The lowest BCUT2D eigenvalue weighted by Crippen LogP contribution is -2.63. The van der Waals surface area contributed by atoms with Crippen molar-refractivity contribution in [1.29, 1.82) is 0 Å². The van der Waals surface area contributed by atoms with Crippen LogP contribution in [0.3, 0.4) is 0 Å². The largest absolute Gasteiger partial charge is 0.492 e. The Balaban J connectivity index is 0.770. The number of pyridine rings is 1. The van der Waals surface area contributed by atoms with Crippen molar-refractivity contribution in [3.8, 4) is 5.75 Å². The van der Waals surface area contributed by atoms with Gasteiger partial charge in [0.1, 0.15) is 40.0 Å². The number of ether oxygens (including phenoxy) is 2. The first kappa shape index (κ1) is 59.6. The van der Waals surface area contributed by atoms with Gasteiger partial charge in [0.25, 0.3) is 11.8 Å². The van der Waals surface area contributed by atoms with Gasteiger partial charge in [0, 0.05) is 117 Å². The second kappa shape index (κ2) is 23.1. The summed E-state index contributed by atoms with van der Waals surface area (Å²) >= 11 is 0. The summed E-state index contributed by atoms with van der Waals surface area (Å²) in [7, 11) is -3.87. The summed E-state index contributed by atoms with van der Waals surface area (Å²) in [5.41, 5.74) is 6.12. The van der Waals surface area contributed by atoms with E-state index in [2.05, 4.69) is 49.1 Å². The molecule has 0 radical (unpaired) electrons. The average Bonchev–Trinajstić information content (AvgIpc) is 1.59. The number of hydrogen-bond acceptors (Lipinski definition) is 15. The quantitative estimate of drug-likeness (QED) is 0.0925. The van der Waals surface area contributed by atoms with Crippen LogP contribution in [0.1, 0.15) is 123 Å².